The summed E-state index contributed by atoms with van der Waals surface area (Å²) >= 11 is 9.48. The van der Waals surface area contributed by atoms with E-state index in [0.717, 1.165) is 10.0 Å². The minimum absolute atomic E-state index is 0.418. The summed E-state index contributed by atoms with van der Waals surface area (Å²) in [5.74, 6) is 0.418. The minimum Gasteiger partial charge on any atom is -0.385 e. The molecule has 0 fully saturated rings. The van der Waals surface area contributed by atoms with Crippen molar-refractivity contribution < 1.29 is 9.63 Å². The Kier molecular flexibility index (Phi) is 3.33. The molecule has 1 aromatic carbocycles. The lowest BCUT2D eigenvalue weighted by atomic mass is 10.1. The minimum atomic E-state index is -0.678. The molecular formula is C11H9BrClNO2. The Morgan fingerprint density at radius 3 is 2.81 bits per heavy atom. The summed E-state index contributed by atoms with van der Waals surface area (Å²) in [5.41, 5.74) is 1.37. The molecule has 2 rings (SSSR count). The molecule has 1 N–H and O–H groups in total. The van der Waals surface area contributed by atoms with Crippen molar-refractivity contribution in [2.75, 3.05) is 0 Å². The van der Waals surface area contributed by atoms with E-state index in [0.29, 0.717) is 16.5 Å². The second-order valence-electron chi connectivity index (χ2n) is 3.39. The average molecular weight is 303 g/mol. The molecular weight excluding hydrogens is 293 g/mol. The van der Waals surface area contributed by atoms with E-state index in [1.807, 2.05) is 12.1 Å². The summed E-state index contributed by atoms with van der Waals surface area (Å²) in [4.78, 5) is 0. The standard InChI is InChI=1S/C11H9BrClNO2/c1-6(15)10-5-9(14-16-10)11-7(12)3-2-4-8(11)13/h2-6,15H,1H3. The van der Waals surface area contributed by atoms with Gasteiger partial charge in [-0.3, -0.25) is 0 Å². The first-order chi connectivity index (χ1) is 7.59. The average Bonchev–Trinajstić information content (AvgIpc) is 2.66. The third-order valence-electron chi connectivity index (χ3n) is 2.16. The molecule has 0 aliphatic carbocycles. The van der Waals surface area contributed by atoms with Crippen LogP contribution in [0.2, 0.25) is 5.02 Å². The van der Waals surface area contributed by atoms with Crippen molar-refractivity contribution in [1.82, 2.24) is 5.16 Å². The second kappa shape index (κ2) is 4.57. The molecule has 84 valence electrons. The zero-order chi connectivity index (χ0) is 11.7. The van der Waals surface area contributed by atoms with Crippen LogP contribution in [0.25, 0.3) is 11.3 Å². The van der Waals surface area contributed by atoms with E-state index in [1.165, 1.54) is 0 Å². The number of hydrogen-bond donors (Lipinski definition) is 1. The summed E-state index contributed by atoms with van der Waals surface area (Å²) in [6.45, 7) is 1.62. The molecule has 16 heavy (non-hydrogen) atoms. The summed E-state index contributed by atoms with van der Waals surface area (Å²) in [5, 5.41) is 13.8. The highest BCUT2D eigenvalue weighted by molar-refractivity contribution is 9.10. The van der Waals surface area contributed by atoms with Crippen LogP contribution in [0.3, 0.4) is 0 Å². The predicted molar refractivity (Wildman–Crippen MR) is 65.3 cm³/mol. The topological polar surface area (TPSA) is 46.3 Å². The van der Waals surface area contributed by atoms with Gasteiger partial charge in [0.05, 0.1) is 5.02 Å². The first-order valence-corrected chi connectivity index (χ1v) is 5.85. The Labute approximate surface area is 106 Å². The molecule has 0 aliphatic rings. The van der Waals surface area contributed by atoms with Gasteiger partial charge < -0.3 is 9.63 Å². The molecule has 0 radical (unpaired) electrons. The molecule has 0 bridgehead atoms. The van der Waals surface area contributed by atoms with Crippen LogP contribution in [0.1, 0.15) is 18.8 Å². The molecule has 0 spiro atoms. The summed E-state index contributed by atoms with van der Waals surface area (Å²) in [6, 6.07) is 7.17. The van der Waals surface area contributed by atoms with Gasteiger partial charge in [-0.1, -0.05) is 38.8 Å². The number of aliphatic hydroxyl groups is 1. The van der Waals surface area contributed by atoms with Gasteiger partial charge in [-0.05, 0) is 19.1 Å². The van der Waals surface area contributed by atoms with Gasteiger partial charge in [-0.25, -0.2) is 0 Å². The molecule has 0 amide bonds. The number of nitrogens with zero attached hydrogens (tertiary/aromatic N) is 1. The molecule has 1 atom stereocenters. The number of hydrogen-bond acceptors (Lipinski definition) is 3. The van der Waals surface area contributed by atoms with Gasteiger partial charge in [-0.2, -0.15) is 0 Å². The van der Waals surface area contributed by atoms with Crippen LogP contribution in [0.15, 0.2) is 33.3 Å². The van der Waals surface area contributed by atoms with Crippen molar-refractivity contribution in [1.29, 1.82) is 0 Å². The van der Waals surface area contributed by atoms with Crippen molar-refractivity contribution in [2.24, 2.45) is 0 Å². The van der Waals surface area contributed by atoms with E-state index in [1.54, 1.807) is 19.1 Å². The van der Waals surface area contributed by atoms with Gasteiger partial charge in [0, 0.05) is 16.1 Å². The number of halogens is 2. The van der Waals surface area contributed by atoms with Gasteiger partial charge in [0.25, 0.3) is 0 Å². The molecule has 3 nitrogen and oxygen atoms in total. The maximum Gasteiger partial charge on any atom is 0.165 e. The van der Waals surface area contributed by atoms with Crippen LogP contribution in [-0.4, -0.2) is 10.3 Å². The third-order valence-corrected chi connectivity index (χ3v) is 3.13. The molecule has 1 heterocycles. The van der Waals surface area contributed by atoms with Crippen molar-refractivity contribution in [2.45, 2.75) is 13.0 Å². The highest BCUT2D eigenvalue weighted by Gasteiger charge is 2.15. The second-order valence-corrected chi connectivity index (χ2v) is 4.65. The van der Waals surface area contributed by atoms with Crippen LogP contribution in [0.5, 0.6) is 0 Å². The zero-order valence-corrected chi connectivity index (χ0v) is 10.8. The third kappa shape index (κ3) is 2.14. The van der Waals surface area contributed by atoms with Crippen molar-refractivity contribution in [3.63, 3.8) is 0 Å². The molecule has 5 heteroatoms. The lowest BCUT2D eigenvalue weighted by Crippen LogP contribution is -1.85. The lowest BCUT2D eigenvalue weighted by Gasteiger charge is -2.01. The number of benzene rings is 1. The zero-order valence-electron chi connectivity index (χ0n) is 8.45. The summed E-state index contributed by atoms with van der Waals surface area (Å²) in [7, 11) is 0. The first kappa shape index (κ1) is 11.6. The highest BCUT2D eigenvalue weighted by atomic mass is 79.9. The quantitative estimate of drug-likeness (QED) is 0.917. The van der Waals surface area contributed by atoms with Crippen LogP contribution in [0.4, 0.5) is 0 Å². The fourth-order valence-electron chi connectivity index (χ4n) is 1.35. The normalized spacial score (nSPS) is 12.8. The number of rotatable bonds is 2. The van der Waals surface area contributed by atoms with Crippen molar-refractivity contribution in [3.8, 4) is 11.3 Å². The fraction of sp³-hybridized carbons (Fsp3) is 0.182. The lowest BCUT2D eigenvalue weighted by molar-refractivity contribution is 0.158. The maximum absolute atomic E-state index is 9.34. The Balaban J connectivity index is 2.50. The SMILES string of the molecule is CC(O)c1cc(-c2c(Cl)cccc2Br)no1. The van der Waals surface area contributed by atoms with Gasteiger partial charge in [0.2, 0.25) is 0 Å². The van der Waals surface area contributed by atoms with E-state index in [4.69, 9.17) is 16.1 Å². The van der Waals surface area contributed by atoms with E-state index in [-0.39, 0.29) is 0 Å². The van der Waals surface area contributed by atoms with Crippen LogP contribution in [-0.2, 0) is 0 Å². The molecule has 0 saturated heterocycles. The largest absolute Gasteiger partial charge is 0.385 e. The maximum atomic E-state index is 9.34. The Morgan fingerprint density at radius 2 is 2.25 bits per heavy atom. The Morgan fingerprint density at radius 1 is 1.50 bits per heavy atom. The number of aromatic nitrogens is 1. The summed E-state index contributed by atoms with van der Waals surface area (Å²) in [6.07, 6.45) is -0.678. The molecule has 1 aromatic heterocycles. The highest BCUT2D eigenvalue weighted by Crippen LogP contribution is 2.34. The van der Waals surface area contributed by atoms with E-state index >= 15 is 0 Å². The predicted octanol–water partition coefficient (Wildman–Crippen LogP) is 3.81. The van der Waals surface area contributed by atoms with Gasteiger partial charge >= 0.3 is 0 Å². The van der Waals surface area contributed by atoms with E-state index in [9.17, 15) is 5.11 Å². The molecule has 2 aromatic rings. The van der Waals surface area contributed by atoms with Gasteiger partial charge in [-0.15, -0.1) is 0 Å². The molecule has 0 aliphatic heterocycles. The van der Waals surface area contributed by atoms with Crippen LogP contribution >= 0.6 is 27.5 Å². The summed E-state index contributed by atoms with van der Waals surface area (Å²) < 4.78 is 5.85. The monoisotopic (exact) mass is 301 g/mol. The van der Waals surface area contributed by atoms with Gasteiger partial charge in [0.1, 0.15) is 11.8 Å². The molecule has 1 unspecified atom stereocenters. The van der Waals surface area contributed by atoms with Crippen molar-refractivity contribution in [3.05, 3.63) is 39.5 Å². The molecule has 0 saturated carbocycles. The van der Waals surface area contributed by atoms with E-state index in [2.05, 4.69) is 21.1 Å². The number of aliphatic hydroxyl groups excluding tert-OH is 1. The fourth-order valence-corrected chi connectivity index (χ4v) is 2.30. The Hall–Kier alpha value is -0.840. The van der Waals surface area contributed by atoms with Crippen LogP contribution < -0.4 is 0 Å². The Bertz CT molecular complexity index is 490. The van der Waals surface area contributed by atoms with Crippen molar-refractivity contribution >= 4 is 27.5 Å². The van der Waals surface area contributed by atoms with Crippen LogP contribution in [0, 0.1) is 0 Å². The van der Waals surface area contributed by atoms with E-state index < -0.39 is 6.10 Å². The first-order valence-electron chi connectivity index (χ1n) is 4.68. The smallest absolute Gasteiger partial charge is 0.165 e. The van der Waals surface area contributed by atoms with Gasteiger partial charge in [0.15, 0.2) is 5.76 Å².